The Kier molecular flexibility index (Phi) is 5.35. The van der Waals surface area contributed by atoms with E-state index in [0.29, 0.717) is 46.1 Å². The van der Waals surface area contributed by atoms with Crippen LogP contribution in [0.1, 0.15) is 48.1 Å². The lowest BCUT2D eigenvalue weighted by molar-refractivity contribution is -0.137. The maximum Gasteiger partial charge on any atom is 0.443 e. The summed E-state index contributed by atoms with van der Waals surface area (Å²) in [4.78, 5) is 22.5. The smallest absolute Gasteiger partial charge is 0.307 e. The zero-order chi connectivity index (χ0) is 17.0. The number of alkyl halides is 3. The van der Waals surface area contributed by atoms with Crippen molar-refractivity contribution in [3.8, 4) is 0 Å². The number of H-pyrrole nitrogens is 1. The second-order valence-electron chi connectivity index (χ2n) is 4.92. The average Bonchev–Trinajstić information content (AvgIpc) is 2.93. The van der Waals surface area contributed by atoms with Gasteiger partial charge in [-0.15, -0.1) is 11.3 Å². The van der Waals surface area contributed by atoms with Crippen LogP contribution in [0.2, 0.25) is 0 Å². The molecule has 0 aromatic carbocycles. The van der Waals surface area contributed by atoms with Crippen molar-refractivity contribution in [2.24, 2.45) is 0 Å². The molecule has 0 aliphatic carbocycles. The van der Waals surface area contributed by atoms with Crippen LogP contribution in [0.25, 0.3) is 11.6 Å². The summed E-state index contributed by atoms with van der Waals surface area (Å²) in [6.45, 7) is 3.83. The summed E-state index contributed by atoms with van der Waals surface area (Å²) in [5.74, 6) is 0.394. The molecule has 0 bridgehead atoms. The van der Waals surface area contributed by atoms with Crippen LogP contribution in [0.3, 0.4) is 0 Å². The van der Waals surface area contributed by atoms with Crippen molar-refractivity contribution in [1.82, 2.24) is 15.0 Å². The summed E-state index contributed by atoms with van der Waals surface area (Å²) in [7, 11) is 0. The lowest BCUT2D eigenvalue weighted by Gasteiger charge is -2.06. The molecule has 0 saturated carbocycles. The van der Waals surface area contributed by atoms with Crippen LogP contribution in [-0.4, -0.2) is 15.0 Å². The van der Waals surface area contributed by atoms with E-state index in [2.05, 4.69) is 15.0 Å². The number of aromatic amines is 1. The molecule has 0 spiro atoms. The molecular weight excluding hydrogens is 327 g/mol. The largest absolute Gasteiger partial charge is 0.443 e. The van der Waals surface area contributed by atoms with Crippen molar-refractivity contribution >= 4 is 23.0 Å². The number of halogens is 3. The SMILES string of the molecule is CCCc1cc(=O)[nH]c(/C(=C/c2cnc(C(F)(F)F)s2)CC)n1. The molecular formula is C15H16F3N3OS. The Morgan fingerprint density at radius 2 is 2.13 bits per heavy atom. The number of rotatable bonds is 5. The molecule has 2 aromatic rings. The van der Waals surface area contributed by atoms with Crippen molar-refractivity contribution in [2.45, 2.75) is 39.3 Å². The summed E-state index contributed by atoms with van der Waals surface area (Å²) in [6, 6.07) is 1.44. The van der Waals surface area contributed by atoms with Gasteiger partial charge in [-0.1, -0.05) is 20.3 Å². The molecule has 0 aliphatic heterocycles. The van der Waals surface area contributed by atoms with Crippen LogP contribution >= 0.6 is 11.3 Å². The van der Waals surface area contributed by atoms with E-state index in [9.17, 15) is 18.0 Å². The Morgan fingerprint density at radius 3 is 2.70 bits per heavy atom. The van der Waals surface area contributed by atoms with Crippen LogP contribution in [0.15, 0.2) is 17.1 Å². The highest BCUT2D eigenvalue weighted by molar-refractivity contribution is 7.12. The van der Waals surface area contributed by atoms with E-state index in [1.807, 2.05) is 13.8 Å². The van der Waals surface area contributed by atoms with Gasteiger partial charge in [-0.2, -0.15) is 13.2 Å². The Labute approximate surface area is 135 Å². The number of hydrogen-bond acceptors (Lipinski definition) is 4. The molecule has 23 heavy (non-hydrogen) atoms. The fourth-order valence-electron chi connectivity index (χ4n) is 2.04. The summed E-state index contributed by atoms with van der Waals surface area (Å²) in [6.07, 6.45) is 0.365. The van der Waals surface area contributed by atoms with E-state index in [1.165, 1.54) is 12.3 Å². The predicted molar refractivity (Wildman–Crippen MR) is 84.1 cm³/mol. The summed E-state index contributed by atoms with van der Waals surface area (Å²) >= 11 is 0.565. The molecule has 124 valence electrons. The van der Waals surface area contributed by atoms with Crippen molar-refractivity contribution in [3.63, 3.8) is 0 Å². The number of hydrogen-bond donors (Lipinski definition) is 1. The van der Waals surface area contributed by atoms with Gasteiger partial charge in [0, 0.05) is 22.8 Å². The number of allylic oxidation sites excluding steroid dienone is 1. The van der Waals surface area contributed by atoms with E-state index in [0.717, 1.165) is 6.42 Å². The van der Waals surface area contributed by atoms with Crippen molar-refractivity contribution in [3.05, 3.63) is 44.0 Å². The molecule has 2 heterocycles. The van der Waals surface area contributed by atoms with E-state index >= 15 is 0 Å². The summed E-state index contributed by atoms with van der Waals surface area (Å²) in [5.41, 5.74) is 1.07. The van der Waals surface area contributed by atoms with E-state index in [4.69, 9.17) is 0 Å². The zero-order valence-corrected chi connectivity index (χ0v) is 13.5. The third-order valence-corrected chi connectivity index (χ3v) is 4.06. The van der Waals surface area contributed by atoms with Gasteiger partial charge in [0.2, 0.25) is 0 Å². The molecule has 0 fully saturated rings. The third kappa shape index (κ3) is 4.51. The Balaban J connectivity index is 2.39. The van der Waals surface area contributed by atoms with Gasteiger partial charge < -0.3 is 4.98 Å². The summed E-state index contributed by atoms with van der Waals surface area (Å²) < 4.78 is 37.8. The Bertz CT molecular complexity index is 762. The van der Waals surface area contributed by atoms with Gasteiger partial charge >= 0.3 is 6.18 Å². The standard InChI is InChI=1S/C15H16F3N3OS/c1-3-5-10-7-12(22)21-13(20-10)9(4-2)6-11-8-19-14(23-11)15(16,17)18/h6-8H,3-5H2,1-2H3,(H,20,21,22)/b9-6+. The first-order valence-electron chi connectivity index (χ1n) is 7.17. The van der Waals surface area contributed by atoms with E-state index in [-0.39, 0.29) is 5.56 Å². The van der Waals surface area contributed by atoms with Crippen molar-refractivity contribution < 1.29 is 13.2 Å². The van der Waals surface area contributed by atoms with Gasteiger partial charge in [0.25, 0.3) is 5.56 Å². The minimum Gasteiger partial charge on any atom is -0.307 e. The lowest BCUT2D eigenvalue weighted by atomic mass is 10.1. The van der Waals surface area contributed by atoms with Gasteiger partial charge in [-0.05, 0) is 24.5 Å². The normalized spacial score (nSPS) is 12.7. The Morgan fingerprint density at radius 1 is 1.39 bits per heavy atom. The van der Waals surface area contributed by atoms with Crippen LogP contribution in [0.4, 0.5) is 13.2 Å². The lowest BCUT2D eigenvalue weighted by Crippen LogP contribution is -2.12. The number of thiazole rings is 1. The minimum absolute atomic E-state index is 0.266. The minimum atomic E-state index is -4.45. The maximum absolute atomic E-state index is 12.6. The number of nitrogens with one attached hydrogen (secondary N) is 1. The molecule has 1 N–H and O–H groups in total. The monoisotopic (exact) mass is 343 g/mol. The van der Waals surface area contributed by atoms with Crippen molar-refractivity contribution in [2.75, 3.05) is 0 Å². The molecule has 2 rings (SSSR count). The molecule has 4 nitrogen and oxygen atoms in total. The maximum atomic E-state index is 12.6. The van der Waals surface area contributed by atoms with Crippen LogP contribution < -0.4 is 5.56 Å². The first-order valence-corrected chi connectivity index (χ1v) is 7.99. The number of aryl methyl sites for hydroxylation is 1. The first kappa shape index (κ1) is 17.4. The zero-order valence-electron chi connectivity index (χ0n) is 12.7. The molecule has 0 saturated heterocycles. The predicted octanol–water partition coefficient (Wildman–Crippen LogP) is 4.15. The second kappa shape index (κ2) is 7.08. The van der Waals surface area contributed by atoms with Gasteiger partial charge in [-0.3, -0.25) is 4.79 Å². The van der Waals surface area contributed by atoms with Gasteiger partial charge in [0.1, 0.15) is 5.82 Å². The van der Waals surface area contributed by atoms with Crippen LogP contribution in [0, 0.1) is 0 Å². The van der Waals surface area contributed by atoms with Gasteiger partial charge in [0.15, 0.2) is 5.01 Å². The molecule has 0 unspecified atom stereocenters. The highest BCUT2D eigenvalue weighted by Gasteiger charge is 2.34. The van der Waals surface area contributed by atoms with Crippen LogP contribution in [0.5, 0.6) is 0 Å². The topological polar surface area (TPSA) is 58.6 Å². The van der Waals surface area contributed by atoms with E-state index < -0.39 is 11.2 Å². The average molecular weight is 343 g/mol. The number of aromatic nitrogens is 3. The van der Waals surface area contributed by atoms with Crippen LogP contribution in [-0.2, 0) is 12.6 Å². The molecule has 2 aromatic heterocycles. The third-order valence-electron chi connectivity index (χ3n) is 3.07. The summed E-state index contributed by atoms with van der Waals surface area (Å²) in [5, 5.41) is -0.889. The Hall–Kier alpha value is -1.96. The molecule has 0 amide bonds. The fourth-order valence-corrected chi connectivity index (χ4v) is 2.79. The molecule has 8 heteroatoms. The highest BCUT2D eigenvalue weighted by atomic mass is 32.1. The molecule has 0 aliphatic rings. The van der Waals surface area contributed by atoms with Gasteiger partial charge in [0.05, 0.1) is 0 Å². The highest BCUT2D eigenvalue weighted by Crippen LogP contribution is 2.33. The van der Waals surface area contributed by atoms with E-state index in [1.54, 1.807) is 6.08 Å². The fraction of sp³-hybridized carbons (Fsp3) is 0.400. The molecule has 0 radical (unpaired) electrons. The number of nitrogens with zero attached hydrogens (tertiary/aromatic N) is 2. The van der Waals surface area contributed by atoms with Gasteiger partial charge in [-0.25, -0.2) is 9.97 Å². The van der Waals surface area contributed by atoms with Crippen molar-refractivity contribution in [1.29, 1.82) is 0 Å². The second-order valence-corrected chi connectivity index (χ2v) is 5.99. The quantitative estimate of drug-likeness (QED) is 0.887. The first-order chi connectivity index (χ1) is 10.8. The molecule has 0 atom stereocenters.